The number of nitriles is 1. The standard InChI is InChI=1S/C15H19FN2/c1-11-2-4-12(5-3-11)15(10-17)18-14-8-6-13(16)7-9-14/h6-9,11-12,15,18H,2-5H2,1H3. The van der Waals surface area contributed by atoms with Gasteiger partial charge in [0.15, 0.2) is 0 Å². The Kier molecular flexibility index (Phi) is 4.19. The Hall–Kier alpha value is -1.56. The average Bonchev–Trinajstić information content (AvgIpc) is 2.39. The highest BCUT2D eigenvalue weighted by atomic mass is 19.1. The summed E-state index contributed by atoms with van der Waals surface area (Å²) in [5.41, 5.74) is 0.821. The summed E-state index contributed by atoms with van der Waals surface area (Å²) in [6, 6.07) is 8.38. The molecule has 0 bridgehead atoms. The van der Waals surface area contributed by atoms with Crippen LogP contribution in [0.15, 0.2) is 24.3 Å². The number of hydrogen-bond acceptors (Lipinski definition) is 2. The molecule has 2 rings (SSSR count). The van der Waals surface area contributed by atoms with Crippen molar-refractivity contribution in [2.24, 2.45) is 11.8 Å². The van der Waals surface area contributed by atoms with Gasteiger partial charge in [-0.3, -0.25) is 0 Å². The molecule has 1 aromatic carbocycles. The third kappa shape index (κ3) is 3.22. The van der Waals surface area contributed by atoms with Gasteiger partial charge in [-0.1, -0.05) is 19.8 Å². The van der Waals surface area contributed by atoms with Gasteiger partial charge in [-0.05, 0) is 48.9 Å². The Bertz CT molecular complexity index is 413. The van der Waals surface area contributed by atoms with Gasteiger partial charge in [0.05, 0.1) is 6.07 Å². The molecule has 1 atom stereocenters. The molecule has 96 valence electrons. The molecule has 0 aromatic heterocycles. The van der Waals surface area contributed by atoms with Crippen LogP contribution in [0.1, 0.15) is 32.6 Å². The summed E-state index contributed by atoms with van der Waals surface area (Å²) in [6.07, 6.45) is 4.61. The Morgan fingerprint density at radius 2 is 1.83 bits per heavy atom. The van der Waals surface area contributed by atoms with Crippen LogP contribution in [0.2, 0.25) is 0 Å². The Morgan fingerprint density at radius 3 is 2.39 bits per heavy atom. The summed E-state index contributed by atoms with van der Waals surface area (Å²) in [7, 11) is 0. The summed E-state index contributed by atoms with van der Waals surface area (Å²) in [5, 5.41) is 12.5. The zero-order valence-corrected chi connectivity index (χ0v) is 10.7. The predicted octanol–water partition coefficient (Wildman–Crippen LogP) is 3.96. The number of nitrogens with one attached hydrogen (secondary N) is 1. The number of nitrogens with zero attached hydrogens (tertiary/aromatic N) is 1. The Balaban J connectivity index is 1.97. The molecule has 0 aliphatic heterocycles. The molecular weight excluding hydrogens is 227 g/mol. The summed E-state index contributed by atoms with van der Waals surface area (Å²) in [5.74, 6) is 0.947. The van der Waals surface area contributed by atoms with Crippen molar-refractivity contribution in [3.63, 3.8) is 0 Å². The molecule has 1 aromatic rings. The summed E-state index contributed by atoms with van der Waals surface area (Å²) in [4.78, 5) is 0. The SMILES string of the molecule is CC1CCC(C(C#N)Nc2ccc(F)cc2)CC1. The fourth-order valence-electron chi connectivity index (χ4n) is 2.60. The van der Waals surface area contributed by atoms with E-state index in [1.807, 2.05) is 0 Å². The van der Waals surface area contributed by atoms with Crippen LogP contribution in [0.5, 0.6) is 0 Å². The van der Waals surface area contributed by atoms with Gasteiger partial charge in [0.25, 0.3) is 0 Å². The molecular formula is C15H19FN2. The van der Waals surface area contributed by atoms with E-state index in [1.165, 1.54) is 25.0 Å². The van der Waals surface area contributed by atoms with Gasteiger partial charge in [0.2, 0.25) is 0 Å². The van der Waals surface area contributed by atoms with Crippen molar-refractivity contribution < 1.29 is 4.39 Å². The highest BCUT2D eigenvalue weighted by Gasteiger charge is 2.25. The van der Waals surface area contributed by atoms with Gasteiger partial charge in [-0.2, -0.15) is 5.26 Å². The zero-order valence-electron chi connectivity index (χ0n) is 10.7. The second-order valence-corrected chi connectivity index (χ2v) is 5.28. The first-order chi connectivity index (χ1) is 8.69. The maximum absolute atomic E-state index is 12.8. The van der Waals surface area contributed by atoms with E-state index in [-0.39, 0.29) is 11.9 Å². The molecule has 1 fully saturated rings. The van der Waals surface area contributed by atoms with E-state index in [0.717, 1.165) is 24.4 Å². The lowest BCUT2D eigenvalue weighted by molar-refractivity contribution is 0.282. The Labute approximate surface area is 108 Å². The van der Waals surface area contributed by atoms with Gasteiger partial charge in [-0.25, -0.2) is 4.39 Å². The molecule has 2 nitrogen and oxygen atoms in total. The van der Waals surface area contributed by atoms with E-state index in [0.29, 0.717) is 5.92 Å². The average molecular weight is 246 g/mol. The minimum atomic E-state index is -0.249. The summed E-state index contributed by atoms with van der Waals surface area (Å²) in [6.45, 7) is 2.27. The van der Waals surface area contributed by atoms with E-state index in [2.05, 4.69) is 18.3 Å². The van der Waals surface area contributed by atoms with Crippen LogP contribution in [-0.2, 0) is 0 Å². The molecule has 1 saturated carbocycles. The van der Waals surface area contributed by atoms with Gasteiger partial charge in [0, 0.05) is 5.69 Å². The van der Waals surface area contributed by atoms with E-state index in [1.54, 1.807) is 12.1 Å². The summed E-state index contributed by atoms with van der Waals surface area (Å²) < 4.78 is 12.8. The fraction of sp³-hybridized carbons (Fsp3) is 0.533. The van der Waals surface area contributed by atoms with E-state index in [9.17, 15) is 9.65 Å². The molecule has 0 saturated heterocycles. The molecule has 0 radical (unpaired) electrons. The van der Waals surface area contributed by atoms with Crippen molar-refractivity contribution in [3.05, 3.63) is 30.1 Å². The molecule has 18 heavy (non-hydrogen) atoms. The lowest BCUT2D eigenvalue weighted by Crippen LogP contribution is -2.30. The smallest absolute Gasteiger partial charge is 0.123 e. The third-order valence-electron chi connectivity index (χ3n) is 3.84. The molecule has 3 heteroatoms. The van der Waals surface area contributed by atoms with Crippen LogP contribution in [-0.4, -0.2) is 6.04 Å². The quantitative estimate of drug-likeness (QED) is 0.876. The van der Waals surface area contributed by atoms with Crippen molar-refractivity contribution >= 4 is 5.69 Å². The van der Waals surface area contributed by atoms with Crippen LogP contribution >= 0.6 is 0 Å². The monoisotopic (exact) mass is 246 g/mol. The van der Waals surface area contributed by atoms with Crippen molar-refractivity contribution in [2.75, 3.05) is 5.32 Å². The molecule has 1 aliphatic carbocycles. The normalized spacial score (nSPS) is 25.2. The minimum absolute atomic E-state index is 0.164. The first-order valence-corrected chi connectivity index (χ1v) is 6.60. The number of rotatable bonds is 3. The topological polar surface area (TPSA) is 35.8 Å². The number of hydrogen-bond donors (Lipinski definition) is 1. The molecule has 1 N–H and O–H groups in total. The van der Waals surface area contributed by atoms with Gasteiger partial charge < -0.3 is 5.32 Å². The lowest BCUT2D eigenvalue weighted by Gasteiger charge is -2.30. The van der Waals surface area contributed by atoms with Crippen molar-refractivity contribution in [2.45, 2.75) is 38.6 Å². The van der Waals surface area contributed by atoms with Crippen LogP contribution in [0.25, 0.3) is 0 Å². The number of anilines is 1. The second-order valence-electron chi connectivity index (χ2n) is 5.28. The van der Waals surface area contributed by atoms with Gasteiger partial charge in [0.1, 0.15) is 11.9 Å². The maximum Gasteiger partial charge on any atom is 0.123 e. The first kappa shape index (κ1) is 12.9. The van der Waals surface area contributed by atoms with Crippen LogP contribution in [0, 0.1) is 29.0 Å². The molecule has 0 amide bonds. The second kappa shape index (κ2) is 5.86. The highest BCUT2D eigenvalue weighted by Crippen LogP contribution is 2.31. The minimum Gasteiger partial charge on any atom is -0.370 e. The fourth-order valence-corrected chi connectivity index (χ4v) is 2.60. The maximum atomic E-state index is 12.8. The van der Waals surface area contributed by atoms with Crippen LogP contribution < -0.4 is 5.32 Å². The van der Waals surface area contributed by atoms with E-state index >= 15 is 0 Å². The summed E-state index contributed by atoms with van der Waals surface area (Å²) >= 11 is 0. The lowest BCUT2D eigenvalue weighted by atomic mass is 9.79. The van der Waals surface area contributed by atoms with Crippen LogP contribution in [0.4, 0.5) is 10.1 Å². The molecule has 0 spiro atoms. The predicted molar refractivity (Wildman–Crippen MR) is 70.5 cm³/mol. The first-order valence-electron chi connectivity index (χ1n) is 6.60. The number of halogens is 1. The van der Waals surface area contributed by atoms with E-state index < -0.39 is 0 Å². The van der Waals surface area contributed by atoms with Gasteiger partial charge >= 0.3 is 0 Å². The molecule has 0 heterocycles. The van der Waals surface area contributed by atoms with Crippen molar-refractivity contribution in [1.82, 2.24) is 0 Å². The zero-order chi connectivity index (χ0) is 13.0. The Morgan fingerprint density at radius 1 is 1.22 bits per heavy atom. The van der Waals surface area contributed by atoms with Crippen molar-refractivity contribution in [3.8, 4) is 6.07 Å². The molecule has 1 unspecified atom stereocenters. The van der Waals surface area contributed by atoms with Gasteiger partial charge in [-0.15, -0.1) is 0 Å². The van der Waals surface area contributed by atoms with E-state index in [4.69, 9.17) is 0 Å². The molecule has 1 aliphatic rings. The third-order valence-corrected chi connectivity index (χ3v) is 3.84. The number of benzene rings is 1. The largest absolute Gasteiger partial charge is 0.370 e. The van der Waals surface area contributed by atoms with Crippen LogP contribution in [0.3, 0.4) is 0 Å². The highest BCUT2D eigenvalue weighted by molar-refractivity contribution is 5.45. The van der Waals surface area contributed by atoms with Crippen molar-refractivity contribution in [1.29, 1.82) is 5.26 Å².